The Morgan fingerprint density at radius 3 is 3.00 bits per heavy atom. The summed E-state index contributed by atoms with van der Waals surface area (Å²) in [5.74, 6) is 1.67. The molecule has 1 aromatic heterocycles. The monoisotopic (exact) mass is 250 g/mol. The van der Waals surface area contributed by atoms with Crippen LogP contribution < -0.4 is 5.32 Å². The van der Waals surface area contributed by atoms with Crippen LogP contribution in [0.4, 0.5) is 0 Å². The molecule has 1 aliphatic heterocycles. The second kappa shape index (κ2) is 6.64. The molecule has 1 N–H and O–H groups in total. The summed E-state index contributed by atoms with van der Waals surface area (Å²) in [6.07, 6.45) is 5.92. The minimum Gasteiger partial charge on any atom is -0.317 e. The summed E-state index contributed by atoms with van der Waals surface area (Å²) >= 11 is 0. The fourth-order valence-electron chi connectivity index (χ4n) is 2.48. The van der Waals surface area contributed by atoms with Gasteiger partial charge in [0.1, 0.15) is 17.9 Å². The maximum absolute atomic E-state index is 12.0. The van der Waals surface area contributed by atoms with Crippen molar-refractivity contribution >= 4 is 5.78 Å². The smallest absolute Gasteiger partial charge is 0.140 e. The summed E-state index contributed by atoms with van der Waals surface area (Å²) in [7, 11) is 0. The van der Waals surface area contributed by atoms with Gasteiger partial charge in [-0.25, -0.2) is 9.67 Å². The lowest BCUT2D eigenvalue weighted by Crippen LogP contribution is -2.29. The first-order valence-corrected chi connectivity index (χ1v) is 6.88. The lowest BCUT2D eigenvalue weighted by Gasteiger charge is -2.21. The summed E-state index contributed by atoms with van der Waals surface area (Å²) < 4.78 is 1.85. The van der Waals surface area contributed by atoms with Gasteiger partial charge < -0.3 is 5.32 Å². The summed E-state index contributed by atoms with van der Waals surface area (Å²) in [5.41, 5.74) is 0. The van der Waals surface area contributed by atoms with Crippen LogP contribution in [-0.4, -0.2) is 33.6 Å². The van der Waals surface area contributed by atoms with E-state index in [1.807, 2.05) is 4.68 Å². The second-order valence-electron chi connectivity index (χ2n) is 5.01. The number of nitrogens with one attached hydrogen (secondary N) is 1. The van der Waals surface area contributed by atoms with E-state index in [9.17, 15) is 4.79 Å². The van der Waals surface area contributed by atoms with Crippen LogP contribution in [0.25, 0.3) is 0 Å². The molecular weight excluding hydrogens is 228 g/mol. The first-order valence-electron chi connectivity index (χ1n) is 6.88. The zero-order valence-corrected chi connectivity index (χ0v) is 11.1. The molecule has 0 spiro atoms. The molecule has 0 unspecified atom stereocenters. The number of Topliss-reactive ketones (excluding diaryl/α,β-unsaturated/α-hetero) is 1. The minimum atomic E-state index is 0.298. The number of rotatable bonds is 6. The predicted molar refractivity (Wildman–Crippen MR) is 69.2 cm³/mol. The van der Waals surface area contributed by atoms with Crippen LogP contribution in [0.3, 0.4) is 0 Å². The number of aromatic nitrogens is 3. The summed E-state index contributed by atoms with van der Waals surface area (Å²) in [6.45, 7) is 5.03. The Hall–Kier alpha value is -1.23. The first-order chi connectivity index (χ1) is 8.79. The highest BCUT2D eigenvalue weighted by atomic mass is 16.1. The number of carbonyl (C=O) groups is 1. The van der Waals surface area contributed by atoms with Crippen molar-refractivity contribution < 1.29 is 4.79 Å². The van der Waals surface area contributed by atoms with E-state index in [-0.39, 0.29) is 0 Å². The second-order valence-corrected chi connectivity index (χ2v) is 5.01. The van der Waals surface area contributed by atoms with Gasteiger partial charge in [0.25, 0.3) is 0 Å². The van der Waals surface area contributed by atoms with Gasteiger partial charge >= 0.3 is 0 Å². The molecule has 0 aliphatic carbocycles. The number of ketones is 1. The Kier molecular flexibility index (Phi) is 4.87. The molecule has 0 radical (unpaired) electrons. The van der Waals surface area contributed by atoms with E-state index in [0.717, 1.165) is 44.7 Å². The van der Waals surface area contributed by atoms with Gasteiger partial charge in [-0.1, -0.05) is 6.92 Å². The van der Waals surface area contributed by atoms with Crippen molar-refractivity contribution in [3.63, 3.8) is 0 Å². The van der Waals surface area contributed by atoms with Crippen molar-refractivity contribution in [1.82, 2.24) is 20.1 Å². The van der Waals surface area contributed by atoms with E-state index in [1.54, 1.807) is 6.33 Å². The molecule has 0 bridgehead atoms. The van der Waals surface area contributed by atoms with E-state index in [2.05, 4.69) is 22.3 Å². The van der Waals surface area contributed by atoms with Crippen molar-refractivity contribution in [2.24, 2.45) is 5.92 Å². The molecule has 18 heavy (non-hydrogen) atoms. The fraction of sp³-hybridized carbons (Fsp3) is 0.769. The lowest BCUT2D eigenvalue weighted by atomic mass is 9.92. The standard InChI is InChI=1S/C13H22N4O/c1-2-7-17-13(15-10-16-17)9-12(18)8-11-3-5-14-6-4-11/h10-11,14H,2-9H2,1H3. The average molecular weight is 250 g/mol. The normalized spacial score (nSPS) is 16.9. The molecule has 1 aliphatic rings. The molecule has 100 valence electrons. The number of aryl methyl sites for hydroxylation is 1. The third-order valence-electron chi connectivity index (χ3n) is 3.46. The molecule has 1 fully saturated rings. The zero-order valence-electron chi connectivity index (χ0n) is 11.1. The van der Waals surface area contributed by atoms with Gasteiger partial charge in [0.05, 0.1) is 6.42 Å². The van der Waals surface area contributed by atoms with Gasteiger partial charge in [0, 0.05) is 13.0 Å². The number of carbonyl (C=O) groups excluding carboxylic acids is 1. The molecule has 0 saturated carbocycles. The van der Waals surface area contributed by atoms with Gasteiger partial charge in [0.15, 0.2) is 0 Å². The van der Waals surface area contributed by atoms with Crippen LogP contribution in [0.15, 0.2) is 6.33 Å². The van der Waals surface area contributed by atoms with Crippen molar-refractivity contribution in [3.8, 4) is 0 Å². The quantitative estimate of drug-likeness (QED) is 0.824. The Labute approximate surface area is 108 Å². The van der Waals surface area contributed by atoms with E-state index >= 15 is 0 Å². The molecule has 2 rings (SSSR count). The van der Waals surface area contributed by atoms with Gasteiger partial charge in [0.2, 0.25) is 0 Å². The number of nitrogens with zero attached hydrogens (tertiary/aromatic N) is 3. The number of hydrogen-bond donors (Lipinski definition) is 1. The fourth-order valence-corrected chi connectivity index (χ4v) is 2.48. The van der Waals surface area contributed by atoms with Crippen LogP contribution in [0, 0.1) is 5.92 Å². The van der Waals surface area contributed by atoms with E-state index < -0.39 is 0 Å². The summed E-state index contributed by atoms with van der Waals surface area (Å²) in [4.78, 5) is 16.2. The van der Waals surface area contributed by atoms with Crippen molar-refractivity contribution in [3.05, 3.63) is 12.2 Å². The summed E-state index contributed by atoms with van der Waals surface area (Å²) in [6, 6.07) is 0. The SMILES string of the molecule is CCCn1ncnc1CC(=O)CC1CCNCC1. The van der Waals surface area contributed by atoms with Crippen LogP contribution in [0.5, 0.6) is 0 Å². The van der Waals surface area contributed by atoms with Crippen molar-refractivity contribution in [2.45, 2.75) is 45.6 Å². The van der Waals surface area contributed by atoms with Crippen LogP contribution >= 0.6 is 0 Å². The summed E-state index contributed by atoms with van der Waals surface area (Å²) in [5, 5.41) is 7.47. The van der Waals surface area contributed by atoms with E-state index in [4.69, 9.17) is 0 Å². The van der Waals surface area contributed by atoms with E-state index in [0.29, 0.717) is 24.5 Å². The Morgan fingerprint density at radius 1 is 1.50 bits per heavy atom. The highest BCUT2D eigenvalue weighted by Gasteiger charge is 2.18. The first kappa shape index (κ1) is 13.2. The third kappa shape index (κ3) is 3.63. The third-order valence-corrected chi connectivity index (χ3v) is 3.46. The maximum atomic E-state index is 12.0. The lowest BCUT2D eigenvalue weighted by molar-refractivity contribution is -0.119. The Balaban J connectivity index is 1.84. The topological polar surface area (TPSA) is 59.8 Å². The molecule has 1 aromatic rings. The molecule has 2 heterocycles. The molecule has 1 saturated heterocycles. The Bertz CT molecular complexity index is 382. The van der Waals surface area contributed by atoms with Crippen molar-refractivity contribution in [2.75, 3.05) is 13.1 Å². The van der Waals surface area contributed by atoms with Crippen LogP contribution in [0.2, 0.25) is 0 Å². The van der Waals surface area contributed by atoms with Gasteiger partial charge in [-0.05, 0) is 38.3 Å². The van der Waals surface area contributed by atoms with Gasteiger partial charge in [-0.2, -0.15) is 5.10 Å². The molecule has 0 atom stereocenters. The number of hydrogen-bond acceptors (Lipinski definition) is 4. The van der Waals surface area contributed by atoms with Crippen LogP contribution in [-0.2, 0) is 17.8 Å². The minimum absolute atomic E-state index is 0.298. The highest BCUT2D eigenvalue weighted by Crippen LogP contribution is 2.17. The molecule has 5 heteroatoms. The van der Waals surface area contributed by atoms with Crippen LogP contribution in [0.1, 0.15) is 38.4 Å². The molecular formula is C13H22N4O. The van der Waals surface area contributed by atoms with E-state index in [1.165, 1.54) is 0 Å². The Morgan fingerprint density at radius 2 is 2.28 bits per heavy atom. The van der Waals surface area contributed by atoms with Gasteiger partial charge in [-0.15, -0.1) is 0 Å². The largest absolute Gasteiger partial charge is 0.317 e. The highest BCUT2D eigenvalue weighted by molar-refractivity contribution is 5.80. The number of piperidine rings is 1. The van der Waals surface area contributed by atoms with Gasteiger partial charge in [-0.3, -0.25) is 4.79 Å². The molecule has 5 nitrogen and oxygen atoms in total. The zero-order chi connectivity index (χ0) is 12.8. The molecule has 0 aromatic carbocycles. The predicted octanol–water partition coefficient (Wildman–Crippen LogP) is 1.19. The van der Waals surface area contributed by atoms with Crippen molar-refractivity contribution in [1.29, 1.82) is 0 Å². The maximum Gasteiger partial charge on any atom is 0.140 e. The molecule has 0 amide bonds. The average Bonchev–Trinajstić information content (AvgIpc) is 2.78.